The van der Waals surface area contributed by atoms with Crippen molar-refractivity contribution < 1.29 is 42.9 Å². The first-order chi connectivity index (χ1) is 18.2. The quantitative estimate of drug-likeness (QED) is 0.464. The second-order valence-electron chi connectivity index (χ2n) is 10.0. The number of amides is 1. The van der Waals surface area contributed by atoms with Crippen molar-refractivity contribution in [2.24, 2.45) is 11.3 Å². The van der Waals surface area contributed by atoms with Gasteiger partial charge in [0.2, 0.25) is 5.88 Å². The van der Waals surface area contributed by atoms with Crippen LogP contribution in [0.5, 0.6) is 11.6 Å². The number of anilines is 1. The summed E-state index contributed by atoms with van der Waals surface area (Å²) >= 11 is 0. The van der Waals surface area contributed by atoms with Gasteiger partial charge in [0.15, 0.2) is 11.9 Å². The second-order valence-corrected chi connectivity index (χ2v) is 10.0. The molecule has 2 atom stereocenters. The van der Waals surface area contributed by atoms with E-state index in [-0.39, 0.29) is 29.8 Å². The first kappa shape index (κ1) is 25.6. The van der Waals surface area contributed by atoms with Gasteiger partial charge in [0, 0.05) is 30.3 Å². The summed E-state index contributed by atoms with van der Waals surface area (Å²) < 4.78 is 31.3. The summed E-state index contributed by atoms with van der Waals surface area (Å²) in [6.07, 6.45) is 1.93. The number of carboxylic acids is 1. The largest absolute Gasteiger partial charge is 0.481 e. The molecule has 200 valence electrons. The Morgan fingerprint density at radius 1 is 1.18 bits per heavy atom. The molecule has 1 saturated carbocycles. The Kier molecular flexibility index (Phi) is 6.77. The smallest absolute Gasteiger partial charge is 0.306 e. The maximum atomic E-state index is 15.2. The van der Waals surface area contributed by atoms with Crippen LogP contribution in [-0.2, 0) is 25.5 Å². The molecule has 1 amide bonds. The molecular weight excluding hydrogens is 499 g/mol. The Labute approximate surface area is 217 Å². The van der Waals surface area contributed by atoms with Crippen molar-refractivity contribution in [2.75, 3.05) is 25.2 Å². The number of ketones is 1. The molecule has 3 aliphatic rings. The highest BCUT2D eigenvalue weighted by Gasteiger charge is 2.50. The van der Waals surface area contributed by atoms with Crippen molar-refractivity contribution in [2.45, 2.75) is 44.6 Å². The molecule has 11 heteroatoms. The van der Waals surface area contributed by atoms with Gasteiger partial charge in [-0.25, -0.2) is 9.37 Å². The molecule has 1 saturated heterocycles. The van der Waals surface area contributed by atoms with Crippen LogP contribution in [0.15, 0.2) is 30.5 Å². The third kappa shape index (κ3) is 5.05. The van der Waals surface area contributed by atoms with Crippen LogP contribution in [-0.4, -0.2) is 60.1 Å². The minimum Gasteiger partial charge on any atom is -0.481 e. The van der Waals surface area contributed by atoms with E-state index in [1.54, 1.807) is 12.1 Å². The van der Waals surface area contributed by atoms with Gasteiger partial charge in [-0.05, 0) is 48.9 Å². The maximum Gasteiger partial charge on any atom is 0.306 e. The number of carboxylic acid groups (broad SMARTS) is 1. The highest BCUT2D eigenvalue weighted by molar-refractivity contribution is 6.09. The molecular formula is C27H27FN2O8. The zero-order valence-corrected chi connectivity index (χ0v) is 20.8. The van der Waals surface area contributed by atoms with Crippen molar-refractivity contribution in [1.29, 1.82) is 0 Å². The number of ether oxygens (including phenoxy) is 3. The molecule has 2 fully saturated rings. The molecule has 2 aromatic rings. The minimum atomic E-state index is -1.65. The SMILES string of the molecule is COC(=O)CC1(CC(=O)O)Cc2c(F)cc(N3CC[C@@H](Oc4ccc(OCC5CC5)nc4)C3=O)cc2C1=O. The number of pyridine rings is 1. The van der Waals surface area contributed by atoms with Gasteiger partial charge in [-0.15, -0.1) is 0 Å². The number of carbonyl (C=O) groups excluding carboxylic acids is 3. The number of nitrogens with zero attached hydrogens (tertiary/aromatic N) is 2. The Morgan fingerprint density at radius 2 is 1.97 bits per heavy atom. The molecule has 1 aromatic heterocycles. The number of methoxy groups -OCH3 is 1. The highest BCUT2D eigenvalue weighted by atomic mass is 19.1. The fraction of sp³-hybridized carbons (Fsp3) is 0.444. The lowest BCUT2D eigenvalue weighted by Crippen LogP contribution is -2.34. The number of carbonyl (C=O) groups is 4. The Morgan fingerprint density at radius 3 is 2.63 bits per heavy atom. The fourth-order valence-electron chi connectivity index (χ4n) is 5.04. The number of fused-ring (bicyclic) bond motifs is 1. The molecule has 5 rings (SSSR count). The van der Waals surface area contributed by atoms with Crippen molar-refractivity contribution in [1.82, 2.24) is 4.98 Å². The zero-order valence-electron chi connectivity index (χ0n) is 20.8. The van der Waals surface area contributed by atoms with Crippen molar-refractivity contribution in [3.8, 4) is 11.6 Å². The first-order valence-electron chi connectivity index (χ1n) is 12.4. The second kappa shape index (κ2) is 10.0. The summed E-state index contributed by atoms with van der Waals surface area (Å²) in [6.45, 7) is 0.859. The minimum absolute atomic E-state index is 0.0263. The van der Waals surface area contributed by atoms with E-state index < -0.39 is 53.8 Å². The molecule has 2 heterocycles. The number of Topliss-reactive ketones (excluding diaryl/α,β-unsaturated/α-hetero) is 1. The average Bonchev–Trinajstić information content (AvgIpc) is 3.60. The number of aromatic nitrogens is 1. The van der Waals surface area contributed by atoms with Crippen LogP contribution in [0.2, 0.25) is 0 Å². The van der Waals surface area contributed by atoms with Crippen LogP contribution in [0.3, 0.4) is 0 Å². The van der Waals surface area contributed by atoms with E-state index in [1.165, 1.54) is 30.0 Å². The van der Waals surface area contributed by atoms with E-state index in [2.05, 4.69) is 9.72 Å². The number of aliphatic carboxylic acids is 1. The molecule has 0 bridgehead atoms. The molecule has 0 radical (unpaired) electrons. The van der Waals surface area contributed by atoms with Gasteiger partial charge >= 0.3 is 11.9 Å². The van der Waals surface area contributed by atoms with Crippen LogP contribution >= 0.6 is 0 Å². The molecule has 1 unspecified atom stereocenters. The van der Waals surface area contributed by atoms with Crippen molar-refractivity contribution >= 4 is 29.3 Å². The average molecular weight is 527 g/mol. The summed E-state index contributed by atoms with van der Waals surface area (Å²) in [5.74, 6) is -2.40. The number of benzene rings is 1. The van der Waals surface area contributed by atoms with E-state index in [9.17, 15) is 24.3 Å². The molecule has 1 aromatic carbocycles. The molecule has 0 spiro atoms. The van der Waals surface area contributed by atoms with Crippen LogP contribution in [0, 0.1) is 17.2 Å². The molecule has 1 aliphatic heterocycles. The summed E-state index contributed by atoms with van der Waals surface area (Å²) in [6, 6.07) is 5.88. The van der Waals surface area contributed by atoms with Crippen LogP contribution < -0.4 is 14.4 Å². The van der Waals surface area contributed by atoms with E-state index in [4.69, 9.17) is 9.47 Å². The number of hydrogen-bond acceptors (Lipinski definition) is 8. The fourth-order valence-corrected chi connectivity index (χ4v) is 5.04. The maximum absolute atomic E-state index is 15.2. The van der Waals surface area contributed by atoms with Crippen LogP contribution in [0.1, 0.15) is 48.0 Å². The van der Waals surface area contributed by atoms with Gasteiger partial charge < -0.3 is 24.2 Å². The number of esters is 1. The van der Waals surface area contributed by atoms with Gasteiger partial charge in [0.25, 0.3) is 5.91 Å². The topological polar surface area (TPSA) is 132 Å². The van der Waals surface area contributed by atoms with Gasteiger partial charge in [0.1, 0.15) is 11.6 Å². The lowest BCUT2D eigenvalue weighted by molar-refractivity contribution is -0.144. The van der Waals surface area contributed by atoms with Crippen LogP contribution in [0.25, 0.3) is 0 Å². The lowest BCUT2D eigenvalue weighted by atomic mass is 9.77. The van der Waals surface area contributed by atoms with Crippen LogP contribution in [0.4, 0.5) is 10.1 Å². The zero-order chi connectivity index (χ0) is 27.0. The van der Waals surface area contributed by atoms with Crippen molar-refractivity contribution in [3.63, 3.8) is 0 Å². The van der Waals surface area contributed by atoms with Gasteiger partial charge in [-0.3, -0.25) is 19.2 Å². The monoisotopic (exact) mass is 526 g/mol. The Balaban J connectivity index is 1.31. The van der Waals surface area contributed by atoms with Crippen molar-refractivity contribution in [3.05, 3.63) is 47.4 Å². The molecule has 1 N–H and O–H groups in total. The number of halogens is 1. The van der Waals surface area contributed by atoms with Gasteiger partial charge in [0.05, 0.1) is 38.2 Å². The highest BCUT2D eigenvalue weighted by Crippen LogP contribution is 2.45. The molecule has 10 nitrogen and oxygen atoms in total. The molecule has 38 heavy (non-hydrogen) atoms. The van der Waals surface area contributed by atoms with E-state index in [1.807, 2.05) is 0 Å². The number of rotatable bonds is 10. The third-order valence-electron chi connectivity index (χ3n) is 7.24. The predicted molar refractivity (Wildman–Crippen MR) is 130 cm³/mol. The Hall–Kier alpha value is -4.02. The normalized spacial score (nSPS) is 22.4. The predicted octanol–water partition coefficient (Wildman–Crippen LogP) is 2.96. The Bertz CT molecular complexity index is 1290. The number of hydrogen-bond donors (Lipinski definition) is 1. The lowest BCUT2D eigenvalue weighted by Gasteiger charge is -2.23. The summed E-state index contributed by atoms with van der Waals surface area (Å²) in [4.78, 5) is 55.5. The van der Waals surface area contributed by atoms with E-state index >= 15 is 4.39 Å². The first-order valence-corrected chi connectivity index (χ1v) is 12.4. The van der Waals surface area contributed by atoms with E-state index in [0.717, 1.165) is 13.2 Å². The van der Waals surface area contributed by atoms with E-state index in [0.29, 0.717) is 30.6 Å². The standard InChI is InChI=1S/C27H27FN2O8/c1-36-24(33)12-27(11-23(31)32)10-19-18(25(27)34)8-16(9-20(19)28)30-7-6-21(26(30)35)38-17-4-5-22(29-13-17)37-14-15-2-3-15/h4-5,8-9,13,15,21H,2-3,6-7,10-12,14H2,1H3,(H,31,32)/t21-,27?/m1/s1. The summed E-state index contributed by atoms with van der Waals surface area (Å²) in [7, 11) is 1.13. The van der Waals surface area contributed by atoms with Gasteiger partial charge in [-0.2, -0.15) is 0 Å². The summed E-state index contributed by atoms with van der Waals surface area (Å²) in [5.41, 5.74) is -1.49. The van der Waals surface area contributed by atoms with Gasteiger partial charge in [-0.1, -0.05) is 0 Å². The summed E-state index contributed by atoms with van der Waals surface area (Å²) in [5, 5.41) is 9.39. The molecule has 2 aliphatic carbocycles. The third-order valence-corrected chi connectivity index (χ3v) is 7.24.